The second-order valence-corrected chi connectivity index (χ2v) is 9.63. The van der Waals surface area contributed by atoms with Crippen LogP contribution < -0.4 is 10.6 Å². The molecular formula is C14H20N2O8S2. The predicted molar refractivity (Wildman–Crippen MR) is 91.2 cm³/mol. The molecule has 2 fully saturated rings. The van der Waals surface area contributed by atoms with Gasteiger partial charge in [0.1, 0.15) is 5.25 Å². The van der Waals surface area contributed by atoms with E-state index in [1.807, 2.05) is 0 Å². The van der Waals surface area contributed by atoms with E-state index in [4.69, 9.17) is 0 Å². The Morgan fingerprint density at radius 2 is 1.69 bits per heavy atom. The quantitative estimate of drug-likeness (QED) is 0.304. The van der Waals surface area contributed by atoms with E-state index in [1.165, 1.54) is 0 Å². The zero-order valence-corrected chi connectivity index (χ0v) is 15.3. The Kier molecular flexibility index (Phi) is 5.34. The fraction of sp³-hybridized carbons (Fsp3) is 0.571. The minimum absolute atomic E-state index is 0.109. The number of carbonyl (C=O) groups is 2. The van der Waals surface area contributed by atoms with Crippen LogP contribution in [0.2, 0.25) is 0 Å². The topological polar surface area (TPSA) is 167 Å². The molecule has 26 heavy (non-hydrogen) atoms. The molecule has 2 bridgehead atoms. The Labute approximate surface area is 151 Å². The average Bonchev–Trinajstić information content (AvgIpc) is 2.99. The van der Waals surface area contributed by atoms with Gasteiger partial charge in [0.15, 0.2) is 0 Å². The van der Waals surface area contributed by atoms with Gasteiger partial charge < -0.3 is 10.6 Å². The van der Waals surface area contributed by atoms with Crippen LogP contribution in [-0.2, 0) is 29.8 Å². The van der Waals surface area contributed by atoms with Crippen molar-refractivity contribution in [1.82, 2.24) is 10.6 Å². The van der Waals surface area contributed by atoms with E-state index < -0.39 is 66.5 Å². The van der Waals surface area contributed by atoms with Crippen molar-refractivity contribution in [3.05, 3.63) is 25.3 Å². The van der Waals surface area contributed by atoms with Crippen molar-refractivity contribution in [2.24, 2.45) is 11.8 Å². The zero-order valence-electron chi connectivity index (χ0n) is 13.7. The van der Waals surface area contributed by atoms with E-state index in [0.29, 0.717) is 0 Å². The maximum Gasteiger partial charge on any atom is 0.270 e. The van der Waals surface area contributed by atoms with Gasteiger partial charge >= 0.3 is 0 Å². The lowest BCUT2D eigenvalue weighted by atomic mass is 9.78. The highest BCUT2D eigenvalue weighted by Crippen LogP contribution is 2.53. The van der Waals surface area contributed by atoms with Crippen molar-refractivity contribution in [2.75, 3.05) is 5.75 Å². The van der Waals surface area contributed by atoms with Crippen LogP contribution in [0, 0.1) is 11.8 Å². The number of rotatable bonds is 7. The maximum atomic E-state index is 11.8. The number of fused-ring (bicyclic) bond motifs is 2. The number of nitrogens with one attached hydrogen (secondary N) is 2. The highest BCUT2D eigenvalue weighted by Gasteiger charge is 2.65. The van der Waals surface area contributed by atoms with Gasteiger partial charge in [0.05, 0.1) is 17.3 Å². The lowest BCUT2D eigenvalue weighted by Gasteiger charge is -2.43. The fourth-order valence-corrected chi connectivity index (χ4v) is 6.70. The molecule has 0 aromatic rings. The summed E-state index contributed by atoms with van der Waals surface area (Å²) in [6, 6.07) is -1.17. The largest absolute Gasteiger partial charge is 0.348 e. The first-order chi connectivity index (χ1) is 11.8. The third kappa shape index (κ3) is 3.98. The molecule has 0 saturated heterocycles. The van der Waals surface area contributed by atoms with Crippen molar-refractivity contribution in [3.8, 4) is 0 Å². The normalized spacial score (nSPS) is 33.5. The average molecular weight is 408 g/mol. The molecule has 146 valence electrons. The molecule has 5 unspecified atom stereocenters. The Balaban J connectivity index is 2.50. The van der Waals surface area contributed by atoms with Crippen LogP contribution in [0.1, 0.15) is 12.8 Å². The number of hydrogen-bond acceptors (Lipinski definition) is 6. The second-order valence-electron chi connectivity index (χ2n) is 6.60. The Morgan fingerprint density at radius 1 is 1.12 bits per heavy atom. The number of amides is 2. The maximum absolute atomic E-state index is 11.8. The van der Waals surface area contributed by atoms with Gasteiger partial charge in [0, 0.05) is 5.92 Å². The Bertz CT molecular complexity index is 850. The van der Waals surface area contributed by atoms with E-state index in [2.05, 4.69) is 23.8 Å². The molecule has 2 amide bonds. The molecule has 0 spiro atoms. The van der Waals surface area contributed by atoms with Gasteiger partial charge in [-0.3, -0.25) is 18.7 Å². The molecule has 0 aliphatic heterocycles. The van der Waals surface area contributed by atoms with E-state index in [0.717, 1.165) is 12.2 Å². The molecule has 0 radical (unpaired) electrons. The van der Waals surface area contributed by atoms with Crippen LogP contribution in [0.3, 0.4) is 0 Å². The SMILES string of the molecule is C=CC(=O)NC1C2CC(CC2(CS(=O)(=O)O)NC(=O)C=C)C1S(=O)(=O)O. The highest BCUT2D eigenvalue weighted by molar-refractivity contribution is 7.86. The van der Waals surface area contributed by atoms with Gasteiger partial charge in [-0.15, -0.1) is 0 Å². The summed E-state index contributed by atoms with van der Waals surface area (Å²) in [6.45, 7) is 6.55. The summed E-state index contributed by atoms with van der Waals surface area (Å²) in [4.78, 5) is 23.5. The van der Waals surface area contributed by atoms with Gasteiger partial charge in [-0.1, -0.05) is 13.2 Å². The molecule has 0 heterocycles. The van der Waals surface area contributed by atoms with Crippen LogP contribution in [0.4, 0.5) is 0 Å². The van der Waals surface area contributed by atoms with Crippen molar-refractivity contribution in [1.29, 1.82) is 0 Å². The summed E-state index contributed by atoms with van der Waals surface area (Å²) in [5.41, 5.74) is -1.51. The standard InChI is InChI=1S/C14H20N2O8S2/c1-3-10(17)15-12-9-5-8(13(12)26(22,23)24)6-14(9,7-25(19,20)21)16-11(18)4-2/h3-4,8-9,12-13H,1-2,5-7H2,(H,15,17)(H,16,18)(H,19,20,21)(H,22,23,24). The molecule has 0 aromatic heterocycles. The lowest BCUT2D eigenvalue weighted by molar-refractivity contribution is -0.119. The van der Waals surface area contributed by atoms with E-state index in [1.54, 1.807) is 0 Å². The van der Waals surface area contributed by atoms with Crippen LogP contribution in [0.15, 0.2) is 25.3 Å². The van der Waals surface area contributed by atoms with E-state index in [9.17, 15) is 35.5 Å². The van der Waals surface area contributed by atoms with Gasteiger partial charge in [-0.05, 0) is 30.9 Å². The lowest BCUT2D eigenvalue weighted by Crippen LogP contribution is -2.65. The Morgan fingerprint density at radius 3 is 2.15 bits per heavy atom. The third-order valence-corrected chi connectivity index (χ3v) is 7.23. The minimum Gasteiger partial charge on any atom is -0.348 e. The highest BCUT2D eigenvalue weighted by atomic mass is 32.2. The minimum atomic E-state index is -4.56. The molecule has 0 aromatic carbocycles. The molecule has 2 aliphatic carbocycles. The monoisotopic (exact) mass is 408 g/mol. The van der Waals surface area contributed by atoms with E-state index >= 15 is 0 Å². The summed E-state index contributed by atoms with van der Waals surface area (Å²) in [5, 5.41) is 3.52. The van der Waals surface area contributed by atoms with E-state index in [-0.39, 0.29) is 12.8 Å². The third-order valence-electron chi connectivity index (χ3n) is 4.98. The molecule has 10 nitrogen and oxygen atoms in total. The first-order valence-electron chi connectivity index (χ1n) is 7.62. The van der Waals surface area contributed by atoms with Gasteiger partial charge in [-0.2, -0.15) is 16.8 Å². The fourth-order valence-electron chi connectivity index (χ4n) is 4.32. The van der Waals surface area contributed by atoms with Crippen molar-refractivity contribution >= 4 is 32.1 Å². The van der Waals surface area contributed by atoms with Gasteiger partial charge in [-0.25, -0.2) is 0 Å². The molecule has 12 heteroatoms. The summed E-state index contributed by atoms with van der Waals surface area (Å²) < 4.78 is 65.5. The summed E-state index contributed by atoms with van der Waals surface area (Å²) in [5.74, 6) is -3.86. The van der Waals surface area contributed by atoms with Crippen molar-refractivity contribution < 1.29 is 35.5 Å². The summed E-state index contributed by atoms with van der Waals surface area (Å²) in [6.07, 6.45) is 1.83. The molecular weight excluding hydrogens is 388 g/mol. The smallest absolute Gasteiger partial charge is 0.270 e. The van der Waals surface area contributed by atoms with Crippen molar-refractivity contribution in [3.63, 3.8) is 0 Å². The predicted octanol–water partition coefficient (Wildman–Crippen LogP) is -1.12. The number of carbonyl (C=O) groups excluding carboxylic acids is 2. The molecule has 2 aliphatic rings. The number of hydrogen-bond donors (Lipinski definition) is 4. The first kappa shape index (κ1) is 20.6. The van der Waals surface area contributed by atoms with Crippen molar-refractivity contribution in [2.45, 2.75) is 29.7 Å². The molecule has 5 atom stereocenters. The van der Waals surface area contributed by atoms with Crippen LogP contribution in [0.25, 0.3) is 0 Å². The van der Waals surface area contributed by atoms with Crippen LogP contribution in [0.5, 0.6) is 0 Å². The molecule has 2 rings (SSSR count). The molecule has 2 saturated carbocycles. The zero-order chi connectivity index (χ0) is 19.9. The van der Waals surface area contributed by atoms with Crippen LogP contribution >= 0.6 is 0 Å². The molecule has 4 N–H and O–H groups in total. The Hall–Kier alpha value is -1.76. The first-order valence-corrected chi connectivity index (χ1v) is 10.7. The van der Waals surface area contributed by atoms with Crippen LogP contribution in [-0.4, -0.2) is 60.3 Å². The van der Waals surface area contributed by atoms with Gasteiger partial charge in [0.2, 0.25) is 11.8 Å². The van der Waals surface area contributed by atoms with Gasteiger partial charge in [0.25, 0.3) is 20.2 Å². The second kappa shape index (κ2) is 6.76. The summed E-state index contributed by atoms with van der Waals surface area (Å²) >= 11 is 0. The summed E-state index contributed by atoms with van der Waals surface area (Å²) in [7, 11) is -9.10.